The lowest BCUT2D eigenvalue weighted by atomic mass is 10.2. The zero-order valence-corrected chi connectivity index (χ0v) is 7.70. The molecule has 0 atom stereocenters. The standard InChI is InChI=1S/C10H13N3/c1-8-7-13-9(5-6-11)3-2-4-10(13)12-8/h2-4,7H,5-6,11H2,1H3. The van der Waals surface area contributed by atoms with Crippen molar-refractivity contribution >= 4 is 5.65 Å². The highest BCUT2D eigenvalue weighted by Crippen LogP contribution is 2.08. The Balaban J connectivity index is 2.60. The summed E-state index contributed by atoms with van der Waals surface area (Å²) in [7, 11) is 0. The van der Waals surface area contributed by atoms with E-state index < -0.39 is 0 Å². The van der Waals surface area contributed by atoms with Crippen molar-refractivity contribution < 1.29 is 0 Å². The molecule has 2 aromatic heterocycles. The molecule has 3 heteroatoms. The molecule has 68 valence electrons. The van der Waals surface area contributed by atoms with Crippen molar-refractivity contribution in [2.45, 2.75) is 13.3 Å². The third-order valence-corrected chi connectivity index (χ3v) is 2.10. The van der Waals surface area contributed by atoms with Crippen LogP contribution >= 0.6 is 0 Å². The van der Waals surface area contributed by atoms with Crippen molar-refractivity contribution in [3.8, 4) is 0 Å². The van der Waals surface area contributed by atoms with Gasteiger partial charge in [-0.25, -0.2) is 4.98 Å². The molecule has 2 N–H and O–H groups in total. The minimum atomic E-state index is 0.677. The van der Waals surface area contributed by atoms with Crippen LogP contribution in [0.3, 0.4) is 0 Å². The van der Waals surface area contributed by atoms with Crippen molar-refractivity contribution in [3.05, 3.63) is 35.8 Å². The first kappa shape index (κ1) is 8.26. The molecule has 0 amide bonds. The predicted molar refractivity (Wildman–Crippen MR) is 52.7 cm³/mol. The SMILES string of the molecule is Cc1cn2c(CCN)cccc2n1. The van der Waals surface area contributed by atoms with Gasteiger partial charge in [0.1, 0.15) is 5.65 Å². The van der Waals surface area contributed by atoms with Crippen LogP contribution in [0.1, 0.15) is 11.4 Å². The Labute approximate surface area is 77.2 Å². The smallest absolute Gasteiger partial charge is 0.137 e. The van der Waals surface area contributed by atoms with E-state index in [1.54, 1.807) is 0 Å². The largest absolute Gasteiger partial charge is 0.330 e. The number of hydrogen-bond donors (Lipinski definition) is 1. The molecule has 2 heterocycles. The molecule has 0 aliphatic carbocycles. The van der Waals surface area contributed by atoms with Gasteiger partial charge in [0.25, 0.3) is 0 Å². The molecule has 0 fully saturated rings. The zero-order chi connectivity index (χ0) is 9.26. The average molecular weight is 175 g/mol. The highest BCUT2D eigenvalue weighted by molar-refractivity contribution is 5.41. The van der Waals surface area contributed by atoms with Crippen molar-refractivity contribution in [2.75, 3.05) is 6.54 Å². The maximum absolute atomic E-state index is 5.52. The van der Waals surface area contributed by atoms with Crippen LogP contribution in [0.15, 0.2) is 24.4 Å². The highest BCUT2D eigenvalue weighted by atomic mass is 15.0. The first-order chi connectivity index (χ1) is 6.31. The number of aryl methyl sites for hydroxylation is 1. The maximum atomic E-state index is 5.52. The van der Waals surface area contributed by atoms with E-state index in [4.69, 9.17) is 5.73 Å². The Morgan fingerprint density at radius 3 is 3.08 bits per heavy atom. The molecule has 0 radical (unpaired) electrons. The molecule has 0 bridgehead atoms. The van der Waals surface area contributed by atoms with E-state index >= 15 is 0 Å². The fourth-order valence-corrected chi connectivity index (χ4v) is 1.54. The van der Waals surface area contributed by atoms with E-state index in [1.165, 1.54) is 5.69 Å². The molecule has 3 nitrogen and oxygen atoms in total. The number of rotatable bonds is 2. The minimum Gasteiger partial charge on any atom is -0.330 e. The van der Waals surface area contributed by atoms with Crippen molar-refractivity contribution in [1.29, 1.82) is 0 Å². The fourth-order valence-electron chi connectivity index (χ4n) is 1.54. The van der Waals surface area contributed by atoms with Crippen LogP contribution in [0.5, 0.6) is 0 Å². The summed E-state index contributed by atoms with van der Waals surface area (Å²) in [4.78, 5) is 4.38. The number of nitrogens with zero attached hydrogens (tertiary/aromatic N) is 2. The quantitative estimate of drug-likeness (QED) is 0.744. The summed E-state index contributed by atoms with van der Waals surface area (Å²) in [6.45, 7) is 2.68. The van der Waals surface area contributed by atoms with Crippen LogP contribution in [-0.4, -0.2) is 15.9 Å². The predicted octanol–water partition coefficient (Wildman–Crippen LogP) is 1.14. The van der Waals surface area contributed by atoms with Gasteiger partial charge < -0.3 is 10.1 Å². The summed E-state index contributed by atoms with van der Waals surface area (Å²) < 4.78 is 2.10. The van der Waals surface area contributed by atoms with E-state index in [2.05, 4.69) is 15.5 Å². The molecule has 0 saturated heterocycles. The van der Waals surface area contributed by atoms with Crippen molar-refractivity contribution in [2.24, 2.45) is 5.73 Å². The Morgan fingerprint density at radius 2 is 2.31 bits per heavy atom. The second-order valence-corrected chi connectivity index (χ2v) is 3.17. The highest BCUT2D eigenvalue weighted by Gasteiger charge is 2.00. The van der Waals surface area contributed by atoms with E-state index in [0.29, 0.717) is 6.54 Å². The van der Waals surface area contributed by atoms with Gasteiger partial charge in [-0.2, -0.15) is 0 Å². The maximum Gasteiger partial charge on any atom is 0.137 e. The van der Waals surface area contributed by atoms with Gasteiger partial charge in [-0.15, -0.1) is 0 Å². The lowest BCUT2D eigenvalue weighted by Crippen LogP contribution is -2.06. The summed E-state index contributed by atoms with van der Waals surface area (Å²) >= 11 is 0. The lowest BCUT2D eigenvalue weighted by molar-refractivity contribution is 0.896. The van der Waals surface area contributed by atoms with Gasteiger partial charge in [-0.05, 0) is 25.6 Å². The molecule has 13 heavy (non-hydrogen) atoms. The molecule has 0 aliphatic rings. The number of imidazole rings is 1. The molecular formula is C10H13N3. The second-order valence-electron chi connectivity index (χ2n) is 3.17. The summed E-state index contributed by atoms with van der Waals surface area (Å²) in [5.74, 6) is 0. The topological polar surface area (TPSA) is 43.3 Å². The van der Waals surface area contributed by atoms with Crippen molar-refractivity contribution in [1.82, 2.24) is 9.38 Å². The van der Waals surface area contributed by atoms with Gasteiger partial charge >= 0.3 is 0 Å². The summed E-state index contributed by atoms with van der Waals surface area (Å²) in [6, 6.07) is 6.11. The monoisotopic (exact) mass is 175 g/mol. The van der Waals surface area contributed by atoms with E-state index in [-0.39, 0.29) is 0 Å². The number of hydrogen-bond acceptors (Lipinski definition) is 2. The number of nitrogens with two attached hydrogens (primary N) is 1. The molecule has 0 aromatic carbocycles. The average Bonchev–Trinajstić information content (AvgIpc) is 2.47. The Morgan fingerprint density at radius 1 is 1.46 bits per heavy atom. The molecule has 0 unspecified atom stereocenters. The molecular weight excluding hydrogens is 162 g/mol. The van der Waals surface area contributed by atoms with Gasteiger partial charge in [0.15, 0.2) is 0 Å². The van der Waals surface area contributed by atoms with E-state index in [1.807, 2.05) is 25.3 Å². The van der Waals surface area contributed by atoms with Gasteiger partial charge in [-0.3, -0.25) is 0 Å². The molecule has 0 spiro atoms. The van der Waals surface area contributed by atoms with E-state index in [0.717, 1.165) is 17.8 Å². The minimum absolute atomic E-state index is 0.677. The molecule has 0 aliphatic heterocycles. The zero-order valence-electron chi connectivity index (χ0n) is 7.70. The molecule has 2 aromatic rings. The lowest BCUT2D eigenvalue weighted by Gasteiger charge is -2.02. The summed E-state index contributed by atoms with van der Waals surface area (Å²) in [6.07, 6.45) is 2.94. The first-order valence-electron chi connectivity index (χ1n) is 4.45. The van der Waals surface area contributed by atoms with Crippen LogP contribution < -0.4 is 5.73 Å². The first-order valence-corrected chi connectivity index (χ1v) is 4.45. The number of pyridine rings is 1. The van der Waals surface area contributed by atoms with E-state index in [9.17, 15) is 0 Å². The van der Waals surface area contributed by atoms with Gasteiger partial charge in [0.05, 0.1) is 5.69 Å². The number of fused-ring (bicyclic) bond motifs is 1. The number of aromatic nitrogens is 2. The van der Waals surface area contributed by atoms with Gasteiger partial charge in [-0.1, -0.05) is 6.07 Å². The molecule has 2 rings (SSSR count). The van der Waals surface area contributed by atoms with Crippen LogP contribution in [0.2, 0.25) is 0 Å². The third-order valence-electron chi connectivity index (χ3n) is 2.10. The van der Waals surface area contributed by atoms with Crippen molar-refractivity contribution in [3.63, 3.8) is 0 Å². The fraction of sp³-hybridized carbons (Fsp3) is 0.300. The van der Waals surface area contributed by atoms with Crippen LogP contribution in [0.4, 0.5) is 0 Å². The van der Waals surface area contributed by atoms with Gasteiger partial charge in [0.2, 0.25) is 0 Å². The normalized spacial score (nSPS) is 10.9. The van der Waals surface area contributed by atoms with Crippen LogP contribution in [0, 0.1) is 6.92 Å². The third kappa shape index (κ3) is 1.42. The van der Waals surface area contributed by atoms with Crippen LogP contribution in [0.25, 0.3) is 5.65 Å². The Hall–Kier alpha value is -1.35. The molecule has 0 saturated carbocycles. The second kappa shape index (κ2) is 3.18. The summed E-state index contributed by atoms with van der Waals surface area (Å²) in [5, 5.41) is 0. The Kier molecular flexibility index (Phi) is 2.02. The Bertz CT molecular complexity index is 417. The summed E-state index contributed by atoms with van der Waals surface area (Å²) in [5.41, 5.74) is 8.80. The van der Waals surface area contributed by atoms with Gasteiger partial charge in [0, 0.05) is 18.3 Å². The van der Waals surface area contributed by atoms with Crippen LogP contribution in [-0.2, 0) is 6.42 Å².